The summed E-state index contributed by atoms with van der Waals surface area (Å²) in [5.74, 6) is 0.0712. The van der Waals surface area contributed by atoms with E-state index in [2.05, 4.69) is 6.58 Å². The topological polar surface area (TPSA) is 46.3 Å². The Kier molecular flexibility index (Phi) is 6.04. The van der Waals surface area contributed by atoms with Crippen molar-refractivity contribution in [2.24, 2.45) is 11.1 Å². The van der Waals surface area contributed by atoms with Crippen molar-refractivity contribution in [2.75, 3.05) is 13.1 Å². The van der Waals surface area contributed by atoms with Crippen LogP contribution in [0.1, 0.15) is 25.1 Å². The number of carbonyl (C=O) groups excluding carboxylic acids is 1. The monoisotopic (exact) mass is 300 g/mol. The van der Waals surface area contributed by atoms with E-state index in [1.54, 1.807) is 11.0 Å². The van der Waals surface area contributed by atoms with E-state index in [1.165, 1.54) is 11.3 Å². The molecule has 1 rings (SSSR count). The second-order valence-corrected chi connectivity index (χ2v) is 6.60. The van der Waals surface area contributed by atoms with Crippen LogP contribution in [0.2, 0.25) is 4.34 Å². The summed E-state index contributed by atoms with van der Waals surface area (Å²) in [5.41, 5.74) is 5.25. The molecule has 106 valence electrons. The Balaban J connectivity index is 2.87. The summed E-state index contributed by atoms with van der Waals surface area (Å²) in [4.78, 5) is 15.4. The number of halogens is 1. The fourth-order valence-electron chi connectivity index (χ4n) is 1.76. The van der Waals surface area contributed by atoms with Gasteiger partial charge in [0.25, 0.3) is 0 Å². The van der Waals surface area contributed by atoms with E-state index in [-0.39, 0.29) is 5.91 Å². The molecule has 0 aliphatic rings. The molecule has 0 bridgehead atoms. The zero-order chi connectivity index (χ0) is 14.5. The molecule has 0 saturated heterocycles. The molecule has 19 heavy (non-hydrogen) atoms. The third-order valence-corrected chi connectivity index (χ3v) is 4.58. The third kappa shape index (κ3) is 4.06. The quantitative estimate of drug-likeness (QED) is 0.785. The normalized spacial score (nSPS) is 13.9. The van der Waals surface area contributed by atoms with E-state index in [9.17, 15) is 4.79 Å². The minimum absolute atomic E-state index is 0.0712. The zero-order valence-corrected chi connectivity index (χ0v) is 13.1. The van der Waals surface area contributed by atoms with E-state index < -0.39 is 5.41 Å². The van der Waals surface area contributed by atoms with Crippen LogP contribution in [0.3, 0.4) is 0 Å². The lowest BCUT2D eigenvalue weighted by atomic mass is 9.86. The van der Waals surface area contributed by atoms with Gasteiger partial charge in [0.1, 0.15) is 0 Å². The van der Waals surface area contributed by atoms with Crippen molar-refractivity contribution in [3.8, 4) is 0 Å². The van der Waals surface area contributed by atoms with Gasteiger partial charge in [0.05, 0.1) is 16.3 Å². The molecule has 0 spiro atoms. The van der Waals surface area contributed by atoms with Crippen LogP contribution in [0.4, 0.5) is 0 Å². The molecule has 1 aromatic rings. The first-order valence-corrected chi connectivity index (χ1v) is 7.51. The first-order valence-electron chi connectivity index (χ1n) is 6.31. The standard InChI is InChI=1S/C14H21ClN2OS/c1-4-8-17(9-11-6-7-12(15)19-11)13(18)14(3,5-2)10-16/h4,6-7H,1,5,8-10,16H2,2-3H3. The van der Waals surface area contributed by atoms with E-state index in [4.69, 9.17) is 17.3 Å². The van der Waals surface area contributed by atoms with Gasteiger partial charge in [-0.15, -0.1) is 17.9 Å². The van der Waals surface area contributed by atoms with Gasteiger partial charge in [0, 0.05) is 18.0 Å². The van der Waals surface area contributed by atoms with Gasteiger partial charge in [-0.3, -0.25) is 4.79 Å². The first-order chi connectivity index (χ1) is 8.96. The van der Waals surface area contributed by atoms with Gasteiger partial charge in [0.2, 0.25) is 5.91 Å². The SMILES string of the molecule is C=CCN(Cc1ccc(Cl)s1)C(=O)C(C)(CC)CN. The van der Waals surface area contributed by atoms with Gasteiger partial charge < -0.3 is 10.6 Å². The van der Waals surface area contributed by atoms with Crippen LogP contribution >= 0.6 is 22.9 Å². The molecule has 3 nitrogen and oxygen atoms in total. The number of hydrogen-bond donors (Lipinski definition) is 1. The summed E-state index contributed by atoms with van der Waals surface area (Å²) in [7, 11) is 0. The van der Waals surface area contributed by atoms with Crippen molar-refractivity contribution in [2.45, 2.75) is 26.8 Å². The van der Waals surface area contributed by atoms with Crippen LogP contribution < -0.4 is 5.73 Å². The average molecular weight is 301 g/mol. The average Bonchev–Trinajstić information content (AvgIpc) is 2.82. The molecule has 1 atom stereocenters. The number of hydrogen-bond acceptors (Lipinski definition) is 3. The fraction of sp³-hybridized carbons (Fsp3) is 0.500. The van der Waals surface area contributed by atoms with Crippen LogP contribution in [0.25, 0.3) is 0 Å². The third-order valence-electron chi connectivity index (χ3n) is 3.36. The van der Waals surface area contributed by atoms with Crippen molar-refractivity contribution in [1.82, 2.24) is 4.90 Å². The lowest BCUT2D eigenvalue weighted by Crippen LogP contribution is -2.45. The molecule has 0 aliphatic carbocycles. The van der Waals surface area contributed by atoms with E-state index in [0.29, 0.717) is 19.6 Å². The van der Waals surface area contributed by atoms with Gasteiger partial charge >= 0.3 is 0 Å². The number of thiophene rings is 1. The molecule has 0 aromatic carbocycles. The van der Waals surface area contributed by atoms with E-state index in [0.717, 1.165) is 15.6 Å². The van der Waals surface area contributed by atoms with Crippen molar-refractivity contribution < 1.29 is 4.79 Å². The highest BCUT2D eigenvalue weighted by Gasteiger charge is 2.33. The van der Waals surface area contributed by atoms with Crippen molar-refractivity contribution in [3.63, 3.8) is 0 Å². The maximum atomic E-state index is 12.6. The number of rotatable bonds is 7. The lowest BCUT2D eigenvalue weighted by molar-refractivity contribution is -0.141. The summed E-state index contributed by atoms with van der Waals surface area (Å²) in [6, 6.07) is 3.79. The molecular formula is C14H21ClN2OS. The predicted molar refractivity (Wildman–Crippen MR) is 82.4 cm³/mol. The Morgan fingerprint density at radius 3 is 2.74 bits per heavy atom. The van der Waals surface area contributed by atoms with Gasteiger partial charge in [-0.2, -0.15) is 0 Å². The Bertz CT molecular complexity index is 440. The Morgan fingerprint density at radius 2 is 2.32 bits per heavy atom. The molecule has 2 N–H and O–H groups in total. The van der Waals surface area contributed by atoms with Crippen LogP contribution in [0.5, 0.6) is 0 Å². The molecule has 0 saturated carbocycles. The Hall–Kier alpha value is -0.840. The Labute approximate surface area is 124 Å². The minimum Gasteiger partial charge on any atom is -0.333 e. The summed E-state index contributed by atoms with van der Waals surface area (Å²) in [5, 5.41) is 0. The summed E-state index contributed by atoms with van der Waals surface area (Å²) in [6.45, 7) is 9.03. The second kappa shape index (κ2) is 7.08. The number of amides is 1. The molecule has 1 amide bonds. The summed E-state index contributed by atoms with van der Waals surface area (Å²) in [6.07, 6.45) is 2.46. The fourth-order valence-corrected chi connectivity index (χ4v) is 2.87. The highest BCUT2D eigenvalue weighted by atomic mass is 35.5. The summed E-state index contributed by atoms with van der Waals surface area (Å²) >= 11 is 7.41. The minimum atomic E-state index is -0.510. The number of nitrogens with two attached hydrogens (primary N) is 1. The summed E-state index contributed by atoms with van der Waals surface area (Å²) < 4.78 is 0.734. The van der Waals surface area contributed by atoms with Crippen molar-refractivity contribution in [1.29, 1.82) is 0 Å². The molecule has 0 radical (unpaired) electrons. The van der Waals surface area contributed by atoms with Crippen LogP contribution in [-0.2, 0) is 11.3 Å². The van der Waals surface area contributed by atoms with Gasteiger partial charge in [-0.25, -0.2) is 0 Å². The van der Waals surface area contributed by atoms with Crippen LogP contribution in [-0.4, -0.2) is 23.9 Å². The number of carbonyl (C=O) groups is 1. The van der Waals surface area contributed by atoms with E-state index >= 15 is 0 Å². The molecule has 1 aromatic heterocycles. The van der Waals surface area contributed by atoms with E-state index in [1.807, 2.05) is 26.0 Å². The van der Waals surface area contributed by atoms with Crippen LogP contribution in [0, 0.1) is 5.41 Å². The molecule has 0 fully saturated rings. The molecule has 1 heterocycles. The number of nitrogens with zero attached hydrogens (tertiary/aromatic N) is 1. The smallest absolute Gasteiger partial charge is 0.230 e. The molecule has 1 unspecified atom stereocenters. The van der Waals surface area contributed by atoms with Crippen molar-refractivity contribution >= 4 is 28.8 Å². The van der Waals surface area contributed by atoms with Crippen molar-refractivity contribution in [3.05, 3.63) is 34.0 Å². The maximum Gasteiger partial charge on any atom is 0.230 e. The molecule has 5 heteroatoms. The van der Waals surface area contributed by atoms with Gasteiger partial charge in [0.15, 0.2) is 0 Å². The highest BCUT2D eigenvalue weighted by Crippen LogP contribution is 2.27. The first kappa shape index (κ1) is 16.2. The van der Waals surface area contributed by atoms with Gasteiger partial charge in [-0.05, 0) is 25.5 Å². The lowest BCUT2D eigenvalue weighted by Gasteiger charge is -2.32. The Morgan fingerprint density at radius 1 is 1.63 bits per heavy atom. The van der Waals surface area contributed by atoms with Crippen LogP contribution in [0.15, 0.2) is 24.8 Å². The molecule has 0 aliphatic heterocycles. The second-order valence-electron chi connectivity index (χ2n) is 4.80. The predicted octanol–water partition coefficient (Wildman–Crippen LogP) is 3.29. The highest BCUT2D eigenvalue weighted by molar-refractivity contribution is 7.16. The largest absolute Gasteiger partial charge is 0.333 e. The molecular weight excluding hydrogens is 280 g/mol. The maximum absolute atomic E-state index is 12.6. The zero-order valence-electron chi connectivity index (χ0n) is 11.5. The van der Waals surface area contributed by atoms with Gasteiger partial charge in [-0.1, -0.05) is 24.6 Å².